The van der Waals surface area contributed by atoms with Crippen molar-refractivity contribution in [1.29, 1.82) is 0 Å². The number of nitrogens with two attached hydrogens (primary N) is 1. The summed E-state index contributed by atoms with van der Waals surface area (Å²) in [6.45, 7) is 4.55. The number of hydrogen-bond donors (Lipinski definition) is 2. The number of aliphatic hydroxyl groups is 1. The Morgan fingerprint density at radius 3 is 2.82 bits per heavy atom. The van der Waals surface area contributed by atoms with Crippen LogP contribution in [0, 0.1) is 28.6 Å². The highest BCUT2D eigenvalue weighted by atomic mass is 19.1. The van der Waals surface area contributed by atoms with Crippen LogP contribution in [0.1, 0.15) is 46.0 Å². The first-order chi connectivity index (χ1) is 10.4. The van der Waals surface area contributed by atoms with E-state index >= 15 is 0 Å². The SMILES string of the molecule is C[C@]12CC[C@H]3[C@@H](CCC4=C[C@@H](O)C=C[C@@]43C)[C@@H]1C[C@@H](F)[C@@H]2N. The van der Waals surface area contributed by atoms with Crippen LogP contribution in [-0.2, 0) is 0 Å². The maximum Gasteiger partial charge on any atom is 0.116 e. The van der Waals surface area contributed by atoms with E-state index in [1.807, 2.05) is 12.2 Å². The Bertz CT molecular complexity index is 544. The summed E-state index contributed by atoms with van der Waals surface area (Å²) in [5.74, 6) is 1.58. The van der Waals surface area contributed by atoms with E-state index in [9.17, 15) is 9.50 Å². The van der Waals surface area contributed by atoms with Crippen LogP contribution in [0.2, 0.25) is 0 Å². The smallest absolute Gasteiger partial charge is 0.116 e. The third-order valence-electron chi connectivity index (χ3n) is 7.73. The van der Waals surface area contributed by atoms with Gasteiger partial charge in [-0.2, -0.15) is 0 Å². The van der Waals surface area contributed by atoms with Gasteiger partial charge in [-0.3, -0.25) is 0 Å². The van der Waals surface area contributed by atoms with E-state index in [0.717, 1.165) is 25.7 Å². The molecule has 0 heterocycles. The molecule has 0 aromatic heterocycles. The van der Waals surface area contributed by atoms with Gasteiger partial charge in [0.2, 0.25) is 0 Å². The zero-order valence-electron chi connectivity index (χ0n) is 13.6. The van der Waals surface area contributed by atoms with Crippen molar-refractivity contribution < 1.29 is 9.50 Å². The Balaban J connectivity index is 1.69. The molecule has 3 fully saturated rings. The summed E-state index contributed by atoms with van der Waals surface area (Å²) in [6.07, 6.45) is 9.94. The lowest BCUT2D eigenvalue weighted by atomic mass is 9.48. The predicted molar refractivity (Wildman–Crippen MR) is 85.9 cm³/mol. The number of halogens is 1. The second kappa shape index (κ2) is 4.67. The lowest BCUT2D eigenvalue weighted by Crippen LogP contribution is -2.52. The number of rotatable bonds is 0. The van der Waals surface area contributed by atoms with Gasteiger partial charge in [0, 0.05) is 11.5 Å². The first kappa shape index (κ1) is 14.9. The minimum atomic E-state index is -0.831. The Morgan fingerprint density at radius 1 is 1.27 bits per heavy atom. The number of alkyl halides is 1. The summed E-state index contributed by atoms with van der Waals surface area (Å²) >= 11 is 0. The van der Waals surface area contributed by atoms with Crippen LogP contribution >= 0.6 is 0 Å². The largest absolute Gasteiger partial charge is 0.385 e. The second-order valence-electron chi connectivity index (χ2n) is 8.56. The van der Waals surface area contributed by atoms with Crippen molar-refractivity contribution in [2.45, 2.75) is 64.3 Å². The van der Waals surface area contributed by atoms with Crippen LogP contribution in [0.5, 0.6) is 0 Å². The third-order valence-corrected chi connectivity index (χ3v) is 7.73. The molecule has 0 saturated heterocycles. The van der Waals surface area contributed by atoms with Crippen molar-refractivity contribution in [2.24, 2.45) is 34.3 Å². The maximum atomic E-state index is 14.3. The molecule has 4 aliphatic rings. The van der Waals surface area contributed by atoms with Gasteiger partial charge in [-0.15, -0.1) is 0 Å². The topological polar surface area (TPSA) is 46.2 Å². The van der Waals surface area contributed by atoms with Crippen LogP contribution in [0.3, 0.4) is 0 Å². The second-order valence-corrected chi connectivity index (χ2v) is 8.56. The van der Waals surface area contributed by atoms with Crippen LogP contribution in [0.25, 0.3) is 0 Å². The molecule has 0 unspecified atom stereocenters. The average Bonchev–Trinajstić information content (AvgIpc) is 2.72. The van der Waals surface area contributed by atoms with Gasteiger partial charge in [-0.1, -0.05) is 37.6 Å². The standard InChI is InChI=1S/C19H28FNO/c1-18-7-5-12(22)9-11(18)3-4-13-14(18)6-8-19(2)15(13)10-16(20)17(19)21/h5,7,9,12-17,22H,3-4,6,8,10,21H2,1-2H3/t12-,13+,14-,15-,16+,17-,18-,19-/m0/s1. The number of fused-ring (bicyclic) bond motifs is 5. The van der Waals surface area contributed by atoms with E-state index in [1.165, 1.54) is 5.57 Å². The first-order valence-corrected chi connectivity index (χ1v) is 8.84. The van der Waals surface area contributed by atoms with Crippen molar-refractivity contribution in [3.63, 3.8) is 0 Å². The van der Waals surface area contributed by atoms with Crippen molar-refractivity contribution >= 4 is 0 Å². The summed E-state index contributed by atoms with van der Waals surface area (Å²) in [7, 11) is 0. The fraction of sp³-hybridized carbons (Fsp3) is 0.789. The molecule has 0 spiro atoms. The summed E-state index contributed by atoms with van der Waals surface area (Å²) < 4.78 is 14.3. The van der Waals surface area contributed by atoms with Gasteiger partial charge in [-0.05, 0) is 55.3 Å². The molecule has 0 aromatic rings. The quantitative estimate of drug-likeness (QED) is 0.674. The molecule has 3 saturated carbocycles. The molecule has 0 aliphatic heterocycles. The van der Waals surface area contributed by atoms with Crippen LogP contribution in [0.4, 0.5) is 4.39 Å². The Labute approximate surface area is 132 Å². The Kier molecular flexibility index (Phi) is 3.16. The molecular weight excluding hydrogens is 277 g/mol. The van der Waals surface area contributed by atoms with E-state index in [2.05, 4.69) is 19.9 Å². The minimum Gasteiger partial charge on any atom is -0.385 e. The normalized spacial score (nSPS) is 56.9. The average molecular weight is 305 g/mol. The van der Waals surface area contributed by atoms with Gasteiger partial charge in [0.05, 0.1) is 6.10 Å². The summed E-state index contributed by atoms with van der Waals surface area (Å²) in [5.41, 5.74) is 7.67. The number of allylic oxidation sites excluding steroid dienone is 2. The van der Waals surface area contributed by atoms with Gasteiger partial charge in [0.1, 0.15) is 6.17 Å². The van der Waals surface area contributed by atoms with Crippen LogP contribution in [0.15, 0.2) is 23.8 Å². The molecule has 8 atom stereocenters. The lowest BCUT2D eigenvalue weighted by molar-refractivity contribution is -0.0220. The summed E-state index contributed by atoms with van der Waals surface area (Å²) in [4.78, 5) is 0. The highest BCUT2D eigenvalue weighted by molar-refractivity contribution is 5.33. The minimum absolute atomic E-state index is 0.0178. The Hall–Kier alpha value is -0.670. The highest BCUT2D eigenvalue weighted by Crippen LogP contribution is 2.64. The first-order valence-electron chi connectivity index (χ1n) is 8.84. The van der Waals surface area contributed by atoms with E-state index in [1.54, 1.807) is 0 Å². The molecule has 0 amide bonds. The van der Waals surface area contributed by atoms with Gasteiger partial charge in [0.25, 0.3) is 0 Å². The fourth-order valence-electron chi connectivity index (χ4n) is 6.33. The molecular formula is C19H28FNO. The van der Waals surface area contributed by atoms with Crippen molar-refractivity contribution in [3.05, 3.63) is 23.8 Å². The van der Waals surface area contributed by atoms with E-state index in [4.69, 9.17) is 5.73 Å². The highest BCUT2D eigenvalue weighted by Gasteiger charge is 2.60. The Morgan fingerprint density at radius 2 is 2.05 bits per heavy atom. The van der Waals surface area contributed by atoms with Crippen molar-refractivity contribution in [1.82, 2.24) is 0 Å². The molecule has 122 valence electrons. The zero-order valence-corrected chi connectivity index (χ0v) is 13.6. The molecule has 2 nitrogen and oxygen atoms in total. The van der Waals surface area contributed by atoms with Crippen LogP contribution in [-0.4, -0.2) is 23.4 Å². The molecule has 0 bridgehead atoms. The molecule has 3 N–H and O–H groups in total. The monoisotopic (exact) mass is 305 g/mol. The van der Waals surface area contributed by atoms with Gasteiger partial charge in [0.15, 0.2) is 0 Å². The molecule has 0 aromatic carbocycles. The molecule has 4 rings (SSSR count). The van der Waals surface area contributed by atoms with E-state index in [-0.39, 0.29) is 16.9 Å². The van der Waals surface area contributed by atoms with Gasteiger partial charge in [-0.25, -0.2) is 4.39 Å². The number of aliphatic hydroxyl groups excluding tert-OH is 1. The molecule has 0 radical (unpaired) electrons. The maximum absolute atomic E-state index is 14.3. The lowest BCUT2D eigenvalue weighted by Gasteiger charge is -2.56. The van der Waals surface area contributed by atoms with E-state index < -0.39 is 12.3 Å². The van der Waals surface area contributed by atoms with Crippen molar-refractivity contribution in [3.8, 4) is 0 Å². The predicted octanol–water partition coefficient (Wildman–Crippen LogP) is 3.36. The van der Waals surface area contributed by atoms with Gasteiger partial charge < -0.3 is 10.8 Å². The molecule has 22 heavy (non-hydrogen) atoms. The third kappa shape index (κ3) is 1.78. The molecule has 3 heteroatoms. The number of hydrogen-bond acceptors (Lipinski definition) is 2. The fourth-order valence-corrected chi connectivity index (χ4v) is 6.33. The van der Waals surface area contributed by atoms with Crippen LogP contribution < -0.4 is 5.73 Å². The van der Waals surface area contributed by atoms with Gasteiger partial charge >= 0.3 is 0 Å². The zero-order chi connectivity index (χ0) is 15.7. The van der Waals surface area contributed by atoms with Crippen molar-refractivity contribution in [2.75, 3.05) is 0 Å². The summed E-state index contributed by atoms with van der Waals surface area (Å²) in [5, 5.41) is 9.89. The summed E-state index contributed by atoms with van der Waals surface area (Å²) in [6, 6.07) is -0.285. The van der Waals surface area contributed by atoms with E-state index in [0.29, 0.717) is 24.2 Å². The molecule has 4 aliphatic carbocycles.